The average molecular weight is 420 g/mol. The van der Waals surface area contributed by atoms with Crippen LogP contribution < -0.4 is 5.56 Å². The van der Waals surface area contributed by atoms with Crippen LogP contribution in [0, 0.1) is 13.8 Å². The third kappa shape index (κ3) is 4.62. The molecule has 5 heteroatoms. The van der Waals surface area contributed by atoms with Gasteiger partial charge in [0.25, 0.3) is 5.56 Å². The van der Waals surface area contributed by atoms with Crippen LogP contribution in [0.15, 0.2) is 65.5 Å². The van der Waals surface area contributed by atoms with Crippen molar-refractivity contribution in [2.24, 2.45) is 0 Å². The van der Waals surface area contributed by atoms with Crippen molar-refractivity contribution in [2.75, 3.05) is 7.11 Å². The van der Waals surface area contributed by atoms with Gasteiger partial charge in [-0.05, 0) is 52.3 Å². The van der Waals surface area contributed by atoms with Crippen molar-refractivity contribution in [3.8, 4) is 16.8 Å². The van der Waals surface area contributed by atoms with E-state index in [-0.39, 0.29) is 5.56 Å². The van der Waals surface area contributed by atoms with E-state index < -0.39 is 17.7 Å². The van der Waals surface area contributed by atoms with Crippen LogP contribution in [0.4, 0.5) is 0 Å². The molecule has 0 saturated heterocycles. The number of hydrogen-bond donors (Lipinski definition) is 0. The first kappa shape index (κ1) is 22.5. The van der Waals surface area contributed by atoms with Crippen LogP contribution in [0.25, 0.3) is 16.8 Å². The number of carbonyl (C=O) groups excluding carboxylic acids is 1. The molecule has 0 bridgehead atoms. The van der Waals surface area contributed by atoms with Gasteiger partial charge in [0.15, 0.2) is 6.10 Å². The zero-order valence-electron chi connectivity index (χ0n) is 18.9. The maximum absolute atomic E-state index is 13.5. The topological polar surface area (TPSA) is 57.5 Å². The summed E-state index contributed by atoms with van der Waals surface area (Å²) >= 11 is 0. The van der Waals surface area contributed by atoms with Gasteiger partial charge in [-0.15, -0.1) is 0 Å². The van der Waals surface area contributed by atoms with Crippen molar-refractivity contribution in [3.63, 3.8) is 0 Å². The predicted octanol–water partition coefficient (Wildman–Crippen LogP) is 5.15. The molecule has 3 rings (SSSR count). The van der Waals surface area contributed by atoms with Gasteiger partial charge in [-0.2, -0.15) is 0 Å². The Hall–Kier alpha value is -3.18. The summed E-state index contributed by atoms with van der Waals surface area (Å²) in [5.41, 5.74) is 3.37. The smallest absolute Gasteiger partial charge is 0.339 e. The third-order valence-electron chi connectivity index (χ3n) is 5.12. The predicted molar refractivity (Wildman–Crippen MR) is 123 cm³/mol. The van der Waals surface area contributed by atoms with Crippen LogP contribution >= 0.6 is 0 Å². The second kappa shape index (κ2) is 8.90. The second-order valence-electron chi connectivity index (χ2n) is 8.47. The summed E-state index contributed by atoms with van der Waals surface area (Å²) in [6.45, 7) is 9.26. The highest BCUT2D eigenvalue weighted by molar-refractivity contribution is 5.83. The molecule has 0 saturated carbocycles. The van der Waals surface area contributed by atoms with Gasteiger partial charge in [0.05, 0.1) is 12.7 Å². The number of pyridine rings is 1. The zero-order chi connectivity index (χ0) is 22.8. The van der Waals surface area contributed by atoms with Crippen molar-refractivity contribution >= 4 is 5.97 Å². The lowest BCUT2D eigenvalue weighted by atomic mass is 9.91. The van der Waals surface area contributed by atoms with E-state index in [4.69, 9.17) is 9.47 Å². The van der Waals surface area contributed by atoms with Gasteiger partial charge in [0.1, 0.15) is 0 Å². The number of esters is 1. The fourth-order valence-corrected chi connectivity index (χ4v) is 3.80. The van der Waals surface area contributed by atoms with Gasteiger partial charge >= 0.3 is 5.97 Å². The van der Waals surface area contributed by atoms with Crippen molar-refractivity contribution in [2.45, 2.75) is 46.3 Å². The van der Waals surface area contributed by atoms with E-state index in [0.717, 1.165) is 22.5 Å². The Labute approximate surface area is 183 Å². The Kier molecular flexibility index (Phi) is 6.46. The number of methoxy groups -OCH3 is 1. The number of para-hydroxylation sites is 1. The molecule has 0 radical (unpaired) electrons. The van der Waals surface area contributed by atoms with E-state index in [9.17, 15) is 9.59 Å². The maximum atomic E-state index is 13.5. The fourth-order valence-electron chi connectivity index (χ4n) is 3.80. The molecule has 0 aliphatic carbocycles. The SMILES string of the molecule is COC(=O)C(OC(C)(C)C)c1c(-c2ccccc2)c(C)n(-c2ccccc2)c(=O)c1C. The maximum Gasteiger partial charge on any atom is 0.339 e. The number of rotatable bonds is 5. The van der Waals surface area contributed by atoms with E-state index in [1.807, 2.05) is 88.4 Å². The first-order valence-electron chi connectivity index (χ1n) is 10.3. The Morgan fingerprint density at radius 1 is 0.935 bits per heavy atom. The summed E-state index contributed by atoms with van der Waals surface area (Å²) < 4.78 is 12.9. The second-order valence-corrected chi connectivity index (χ2v) is 8.47. The molecule has 0 aliphatic rings. The summed E-state index contributed by atoms with van der Waals surface area (Å²) in [5.74, 6) is -0.536. The number of nitrogens with zero attached hydrogens (tertiary/aromatic N) is 1. The molecule has 3 aromatic rings. The highest BCUT2D eigenvalue weighted by Crippen LogP contribution is 2.37. The van der Waals surface area contributed by atoms with Crippen LogP contribution in [0.2, 0.25) is 0 Å². The lowest BCUT2D eigenvalue weighted by Crippen LogP contribution is -2.33. The summed E-state index contributed by atoms with van der Waals surface area (Å²) in [5, 5.41) is 0. The van der Waals surface area contributed by atoms with Crippen LogP contribution in [0.1, 0.15) is 43.7 Å². The van der Waals surface area contributed by atoms with Crippen LogP contribution in [-0.2, 0) is 14.3 Å². The number of hydrogen-bond acceptors (Lipinski definition) is 4. The number of carbonyl (C=O) groups is 1. The quantitative estimate of drug-likeness (QED) is 0.537. The lowest BCUT2D eigenvalue weighted by molar-refractivity contribution is -0.164. The molecule has 1 aromatic heterocycles. The molecule has 1 atom stereocenters. The molecule has 0 fully saturated rings. The zero-order valence-corrected chi connectivity index (χ0v) is 18.9. The summed E-state index contributed by atoms with van der Waals surface area (Å²) in [4.78, 5) is 26.4. The average Bonchev–Trinajstić information content (AvgIpc) is 2.75. The van der Waals surface area contributed by atoms with Crippen LogP contribution in [0.3, 0.4) is 0 Å². The van der Waals surface area contributed by atoms with E-state index in [1.54, 1.807) is 11.5 Å². The normalized spacial score (nSPS) is 12.5. The molecule has 2 aromatic carbocycles. The molecule has 1 heterocycles. The molecule has 0 aliphatic heterocycles. The number of benzene rings is 2. The van der Waals surface area contributed by atoms with Gasteiger partial charge in [-0.25, -0.2) is 4.79 Å². The molecule has 31 heavy (non-hydrogen) atoms. The molecule has 1 unspecified atom stereocenters. The minimum atomic E-state index is -1.03. The van der Waals surface area contributed by atoms with Gasteiger partial charge in [-0.3, -0.25) is 9.36 Å². The highest BCUT2D eigenvalue weighted by atomic mass is 16.6. The first-order valence-corrected chi connectivity index (χ1v) is 10.3. The minimum absolute atomic E-state index is 0.190. The minimum Gasteiger partial charge on any atom is -0.467 e. The van der Waals surface area contributed by atoms with Gasteiger partial charge in [-0.1, -0.05) is 48.5 Å². The Balaban J connectivity index is 2.43. The summed E-state index contributed by atoms with van der Waals surface area (Å²) in [6, 6.07) is 19.2. The molecule has 5 nitrogen and oxygen atoms in total. The monoisotopic (exact) mass is 419 g/mol. The van der Waals surface area contributed by atoms with Crippen LogP contribution in [0.5, 0.6) is 0 Å². The van der Waals surface area contributed by atoms with E-state index in [0.29, 0.717) is 11.1 Å². The number of ether oxygens (including phenoxy) is 2. The van der Waals surface area contributed by atoms with Gasteiger partial charge in [0, 0.05) is 28.1 Å². The standard InChI is InChI=1S/C26H29NO4/c1-17-21(23(25(29)30-6)31-26(3,4)5)22(19-13-9-7-10-14-19)18(2)27(24(17)28)20-15-11-8-12-16-20/h7-16,23H,1-6H3. The highest BCUT2D eigenvalue weighted by Gasteiger charge is 2.34. The van der Waals surface area contributed by atoms with Gasteiger partial charge in [0.2, 0.25) is 0 Å². The molecule has 162 valence electrons. The summed E-state index contributed by atoms with van der Waals surface area (Å²) in [7, 11) is 1.33. The Morgan fingerprint density at radius 2 is 1.48 bits per heavy atom. The molecule has 0 spiro atoms. The van der Waals surface area contributed by atoms with Crippen molar-refractivity contribution in [3.05, 3.63) is 87.8 Å². The van der Waals surface area contributed by atoms with Crippen molar-refractivity contribution in [1.82, 2.24) is 4.57 Å². The Bertz CT molecular complexity index is 1130. The number of aromatic nitrogens is 1. The van der Waals surface area contributed by atoms with E-state index >= 15 is 0 Å². The van der Waals surface area contributed by atoms with Crippen molar-refractivity contribution in [1.29, 1.82) is 0 Å². The largest absolute Gasteiger partial charge is 0.467 e. The molecular weight excluding hydrogens is 390 g/mol. The molecule has 0 amide bonds. The molecular formula is C26H29NO4. The molecule has 0 N–H and O–H groups in total. The lowest BCUT2D eigenvalue weighted by Gasteiger charge is -2.30. The van der Waals surface area contributed by atoms with E-state index in [1.165, 1.54) is 7.11 Å². The van der Waals surface area contributed by atoms with E-state index in [2.05, 4.69) is 0 Å². The van der Waals surface area contributed by atoms with Crippen molar-refractivity contribution < 1.29 is 14.3 Å². The third-order valence-corrected chi connectivity index (χ3v) is 5.12. The fraction of sp³-hybridized carbons (Fsp3) is 0.308. The summed E-state index contributed by atoms with van der Waals surface area (Å²) in [6.07, 6.45) is -1.03. The first-order chi connectivity index (χ1) is 14.7. The Morgan fingerprint density at radius 3 is 2.00 bits per heavy atom. The van der Waals surface area contributed by atoms with Crippen LogP contribution in [-0.4, -0.2) is 23.2 Å². The van der Waals surface area contributed by atoms with Gasteiger partial charge < -0.3 is 9.47 Å².